The van der Waals surface area contributed by atoms with Crippen molar-refractivity contribution in [3.05, 3.63) is 29.8 Å². The van der Waals surface area contributed by atoms with Crippen molar-refractivity contribution in [2.75, 3.05) is 26.4 Å². The van der Waals surface area contributed by atoms with Crippen molar-refractivity contribution >= 4 is 11.6 Å². The van der Waals surface area contributed by atoms with Gasteiger partial charge in [0, 0.05) is 25.8 Å². The number of nitrogen functional groups attached to an aromatic ring is 1. The average Bonchev–Trinajstić information content (AvgIpc) is 2.63. The van der Waals surface area contributed by atoms with Crippen LogP contribution in [0.2, 0.25) is 0 Å². The van der Waals surface area contributed by atoms with E-state index in [4.69, 9.17) is 5.73 Å². The molecule has 1 amide bonds. The summed E-state index contributed by atoms with van der Waals surface area (Å²) in [7, 11) is 3.86. The summed E-state index contributed by atoms with van der Waals surface area (Å²) in [5, 5.41) is 0. The third kappa shape index (κ3) is 2.58. The standard InChI is InChI=1S/C13H19N3O/c1-15-8-7-12(13(15)17)16(2)9-10-3-5-11(14)6-4-10/h3-6,12H,7-9,14H2,1-2H3. The lowest BCUT2D eigenvalue weighted by atomic mass is 10.1. The molecule has 4 nitrogen and oxygen atoms in total. The quantitative estimate of drug-likeness (QED) is 0.790. The molecular weight excluding hydrogens is 214 g/mol. The molecule has 0 saturated carbocycles. The summed E-state index contributed by atoms with van der Waals surface area (Å²) in [6, 6.07) is 7.83. The minimum atomic E-state index is 0.0255. The number of likely N-dealkylation sites (tertiary alicyclic amines) is 1. The number of rotatable bonds is 3. The second-order valence-electron chi connectivity index (χ2n) is 4.72. The Hall–Kier alpha value is -1.55. The summed E-state index contributed by atoms with van der Waals surface area (Å²) < 4.78 is 0. The van der Waals surface area contributed by atoms with Crippen LogP contribution in [0.3, 0.4) is 0 Å². The minimum Gasteiger partial charge on any atom is -0.399 e. The molecule has 1 fully saturated rings. The lowest BCUT2D eigenvalue weighted by molar-refractivity contribution is -0.130. The van der Waals surface area contributed by atoms with Crippen LogP contribution in [0.1, 0.15) is 12.0 Å². The highest BCUT2D eigenvalue weighted by Gasteiger charge is 2.31. The van der Waals surface area contributed by atoms with Gasteiger partial charge in [-0.05, 0) is 31.2 Å². The predicted octanol–water partition coefficient (Wildman–Crippen LogP) is 0.931. The summed E-state index contributed by atoms with van der Waals surface area (Å²) in [5.41, 5.74) is 7.60. The van der Waals surface area contributed by atoms with Crippen molar-refractivity contribution in [2.45, 2.75) is 19.0 Å². The fourth-order valence-electron chi connectivity index (χ4n) is 2.23. The van der Waals surface area contributed by atoms with Crippen LogP contribution in [0.15, 0.2) is 24.3 Å². The maximum Gasteiger partial charge on any atom is 0.239 e. The second kappa shape index (κ2) is 4.75. The number of benzene rings is 1. The summed E-state index contributed by atoms with van der Waals surface area (Å²) in [4.78, 5) is 15.8. The SMILES string of the molecule is CN1CCC(N(C)Cc2ccc(N)cc2)C1=O. The number of hydrogen-bond acceptors (Lipinski definition) is 3. The minimum absolute atomic E-state index is 0.0255. The Morgan fingerprint density at radius 2 is 2.06 bits per heavy atom. The van der Waals surface area contributed by atoms with Crippen molar-refractivity contribution in [2.24, 2.45) is 0 Å². The van der Waals surface area contributed by atoms with Crippen LogP contribution in [0.5, 0.6) is 0 Å². The lowest BCUT2D eigenvalue weighted by Crippen LogP contribution is -2.38. The third-order valence-electron chi connectivity index (χ3n) is 3.34. The molecule has 1 atom stereocenters. The summed E-state index contributed by atoms with van der Waals surface area (Å²) in [6.07, 6.45) is 0.917. The largest absolute Gasteiger partial charge is 0.399 e. The van der Waals surface area contributed by atoms with Gasteiger partial charge in [-0.15, -0.1) is 0 Å². The van der Waals surface area contributed by atoms with Gasteiger partial charge in [0.15, 0.2) is 0 Å². The second-order valence-corrected chi connectivity index (χ2v) is 4.72. The Bertz CT molecular complexity index is 402. The Kier molecular flexibility index (Phi) is 3.33. The molecule has 1 aromatic rings. The van der Waals surface area contributed by atoms with Gasteiger partial charge in [0.1, 0.15) is 0 Å². The van der Waals surface area contributed by atoms with Crippen LogP contribution in [0.25, 0.3) is 0 Å². The number of amides is 1. The highest BCUT2D eigenvalue weighted by atomic mass is 16.2. The van der Waals surface area contributed by atoms with Crippen molar-refractivity contribution in [1.29, 1.82) is 0 Å². The van der Waals surface area contributed by atoms with Crippen LogP contribution in [-0.4, -0.2) is 42.4 Å². The van der Waals surface area contributed by atoms with E-state index in [9.17, 15) is 4.79 Å². The molecule has 92 valence electrons. The molecule has 1 heterocycles. The number of carbonyl (C=O) groups excluding carboxylic acids is 1. The van der Waals surface area contributed by atoms with Crippen LogP contribution >= 0.6 is 0 Å². The van der Waals surface area contributed by atoms with E-state index < -0.39 is 0 Å². The van der Waals surface area contributed by atoms with E-state index in [1.165, 1.54) is 5.56 Å². The molecule has 4 heteroatoms. The Labute approximate surface area is 102 Å². The number of nitrogens with two attached hydrogens (primary N) is 1. The molecule has 2 N–H and O–H groups in total. The van der Waals surface area contributed by atoms with E-state index >= 15 is 0 Å². The van der Waals surface area contributed by atoms with Crippen molar-refractivity contribution in [3.63, 3.8) is 0 Å². The van der Waals surface area contributed by atoms with Crippen LogP contribution in [-0.2, 0) is 11.3 Å². The molecular formula is C13H19N3O. The first-order valence-corrected chi connectivity index (χ1v) is 5.87. The molecule has 1 aromatic carbocycles. The first-order valence-electron chi connectivity index (χ1n) is 5.87. The first-order chi connectivity index (χ1) is 8.08. The van der Waals surface area contributed by atoms with Gasteiger partial charge in [0.05, 0.1) is 6.04 Å². The average molecular weight is 233 g/mol. The van der Waals surface area contributed by atoms with Crippen molar-refractivity contribution in [1.82, 2.24) is 9.80 Å². The van der Waals surface area contributed by atoms with Gasteiger partial charge < -0.3 is 10.6 Å². The molecule has 17 heavy (non-hydrogen) atoms. The predicted molar refractivity (Wildman–Crippen MR) is 68.4 cm³/mol. The van der Waals surface area contributed by atoms with E-state index in [0.717, 1.165) is 25.2 Å². The van der Waals surface area contributed by atoms with Crippen molar-refractivity contribution in [3.8, 4) is 0 Å². The fraction of sp³-hybridized carbons (Fsp3) is 0.462. The van der Waals surface area contributed by atoms with Gasteiger partial charge in [0.2, 0.25) is 5.91 Å². The van der Waals surface area contributed by atoms with Crippen LogP contribution in [0.4, 0.5) is 5.69 Å². The number of nitrogens with zero attached hydrogens (tertiary/aromatic N) is 2. The highest BCUT2D eigenvalue weighted by Crippen LogP contribution is 2.17. The van der Waals surface area contributed by atoms with E-state index in [1.54, 1.807) is 4.90 Å². The Morgan fingerprint density at radius 1 is 1.41 bits per heavy atom. The molecule has 1 unspecified atom stereocenters. The van der Waals surface area contributed by atoms with Gasteiger partial charge >= 0.3 is 0 Å². The van der Waals surface area contributed by atoms with E-state index in [1.807, 2.05) is 38.4 Å². The maximum atomic E-state index is 11.9. The normalized spacial score (nSPS) is 20.3. The lowest BCUT2D eigenvalue weighted by Gasteiger charge is -2.22. The molecule has 0 aromatic heterocycles. The summed E-state index contributed by atoms with van der Waals surface area (Å²) in [5.74, 6) is 0.225. The Balaban J connectivity index is 1.99. The summed E-state index contributed by atoms with van der Waals surface area (Å²) in [6.45, 7) is 1.64. The third-order valence-corrected chi connectivity index (χ3v) is 3.34. The maximum absolute atomic E-state index is 11.9. The summed E-state index contributed by atoms with van der Waals surface area (Å²) >= 11 is 0. The van der Waals surface area contributed by atoms with Crippen LogP contribution in [0, 0.1) is 0 Å². The molecule has 0 spiro atoms. The van der Waals surface area contributed by atoms with Gasteiger partial charge in [0.25, 0.3) is 0 Å². The molecule has 0 aliphatic carbocycles. The van der Waals surface area contributed by atoms with Gasteiger partial charge in [-0.2, -0.15) is 0 Å². The molecule has 2 rings (SSSR count). The number of anilines is 1. The van der Waals surface area contributed by atoms with Gasteiger partial charge in [-0.1, -0.05) is 12.1 Å². The van der Waals surface area contributed by atoms with Crippen LogP contribution < -0.4 is 5.73 Å². The molecule has 1 aliphatic rings. The zero-order chi connectivity index (χ0) is 12.4. The smallest absolute Gasteiger partial charge is 0.239 e. The van der Waals surface area contributed by atoms with E-state index in [0.29, 0.717) is 0 Å². The molecule has 1 saturated heterocycles. The molecule has 0 radical (unpaired) electrons. The van der Waals surface area contributed by atoms with E-state index in [-0.39, 0.29) is 11.9 Å². The zero-order valence-corrected chi connectivity index (χ0v) is 10.4. The zero-order valence-electron chi connectivity index (χ0n) is 10.4. The van der Waals surface area contributed by atoms with Gasteiger partial charge in [-0.3, -0.25) is 9.69 Å². The fourth-order valence-corrected chi connectivity index (χ4v) is 2.23. The molecule has 1 aliphatic heterocycles. The number of hydrogen-bond donors (Lipinski definition) is 1. The highest BCUT2D eigenvalue weighted by molar-refractivity contribution is 5.83. The van der Waals surface area contributed by atoms with E-state index in [2.05, 4.69) is 4.90 Å². The monoisotopic (exact) mass is 233 g/mol. The molecule has 0 bridgehead atoms. The van der Waals surface area contributed by atoms with Crippen molar-refractivity contribution < 1.29 is 4.79 Å². The number of likely N-dealkylation sites (N-methyl/N-ethyl adjacent to an activating group) is 2. The first kappa shape index (κ1) is 11.9. The van der Waals surface area contributed by atoms with Gasteiger partial charge in [-0.25, -0.2) is 0 Å². The Morgan fingerprint density at radius 3 is 2.59 bits per heavy atom. The topological polar surface area (TPSA) is 49.6 Å². The number of carbonyl (C=O) groups is 1.